The second kappa shape index (κ2) is 9.02. The van der Waals surface area contributed by atoms with Gasteiger partial charge in [0.15, 0.2) is 5.75 Å². The maximum absolute atomic E-state index is 10.6. The molecular weight excluding hydrogens is 426 g/mol. The van der Waals surface area contributed by atoms with E-state index in [9.17, 15) is 15.3 Å². The summed E-state index contributed by atoms with van der Waals surface area (Å²) < 4.78 is 6.26. The molecule has 5 nitrogen and oxygen atoms in total. The minimum atomic E-state index is 0.158. The van der Waals surface area contributed by atoms with Crippen molar-refractivity contribution in [1.29, 1.82) is 0 Å². The van der Waals surface area contributed by atoms with E-state index in [0.717, 1.165) is 33.8 Å². The Morgan fingerprint density at radius 2 is 1.12 bits per heavy atom. The summed E-state index contributed by atoms with van der Waals surface area (Å²) in [6, 6.07) is 19.9. The van der Waals surface area contributed by atoms with E-state index < -0.39 is 0 Å². The van der Waals surface area contributed by atoms with Crippen LogP contribution in [-0.4, -0.2) is 15.3 Å². The van der Waals surface area contributed by atoms with Crippen LogP contribution in [0.1, 0.15) is 27.8 Å². The van der Waals surface area contributed by atoms with Crippen molar-refractivity contribution in [3.05, 3.63) is 94.5 Å². The van der Waals surface area contributed by atoms with Gasteiger partial charge in [0.1, 0.15) is 23.0 Å². The van der Waals surface area contributed by atoms with Gasteiger partial charge in [0.05, 0.1) is 17.1 Å². The second-order valence-corrected chi connectivity index (χ2v) is 8.60. The number of rotatable bonds is 5. The standard InChI is InChI=1S/C29H29NO4/c1-17-10-13-22(16-26(17)33)34-27-9-7-6-8-23(27)30(28-18(2)11-14-24(31)20(28)4)29-19(3)12-15-25(32)21(29)5/h6-16,31-33H,1-5H3. The summed E-state index contributed by atoms with van der Waals surface area (Å²) >= 11 is 0. The highest BCUT2D eigenvalue weighted by atomic mass is 16.5. The molecule has 3 N–H and O–H groups in total. The van der Waals surface area contributed by atoms with Crippen LogP contribution in [0.3, 0.4) is 0 Å². The number of hydrogen-bond donors (Lipinski definition) is 3. The largest absolute Gasteiger partial charge is 0.508 e. The Hall–Kier alpha value is -4.12. The van der Waals surface area contributed by atoms with Crippen LogP contribution in [0.4, 0.5) is 17.1 Å². The molecule has 0 saturated carbocycles. The molecule has 0 radical (unpaired) electrons. The van der Waals surface area contributed by atoms with Crippen LogP contribution in [0.2, 0.25) is 0 Å². The average molecular weight is 456 g/mol. The van der Waals surface area contributed by atoms with E-state index >= 15 is 0 Å². The Kier molecular flexibility index (Phi) is 6.12. The molecule has 174 valence electrons. The van der Waals surface area contributed by atoms with Gasteiger partial charge in [0.2, 0.25) is 0 Å². The van der Waals surface area contributed by atoms with E-state index in [2.05, 4.69) is 0 Å². The number of benzene rings is 4. The highest BCUT2D eigenvalue weighted by Gasteiger charge is 2.25. The van der Waals surface area contributed by atoms with Gasteiger partial charge in [-0.25, -0.2) is 0 Å². The molecule has 4 aromatic rings. The molecule has 0 spiro atoms. The number of phenolic OH excluding ortho intramolecular Hbond substituents is 3. The van der Waals surface area contributed by atoms with Crippen LogP contribution in [0, 0.1) is 34.6 Å². The van der Waals surface area contributed by atoms with Crippen LogP contribution in [0.25, 0.3) is 0 Å². The van der Waals surface area contributed by atoms with Gasteiger partial charge in [-0.15, -0.1) is 0 Å². The number of aryl methyl sites for hydroxylation is 3. The van der Waals surface area contributed by atoms with Crippen molar-refractivity contribution in [3.8, 4) is 28.7 Å². The Bertz CT molecular complexity index is 1320. The molecule has 0 aliphatic heterocycles. The second-order valence-electron chi connectivity index (χ2n) is 8.60. The fourth-order valence-electron chi connectivity index (χ4n) is 4.20. The van der Waals surface area contributed by atoms with E-state index in [-0.39, 0.29) is 17.2 Å². The van der Waals surface area contributed by atoms with Crippen LogP contribution in [-0.2, 0) is 0 Å². The van der Waals surface area contributed by atoms with Gasteiger partial charge in [-0.2, -0.15) is 0 Å². The molecule has 0 amide bonds. The minimum absolute atomic E-state index is 0.158. The van der Waals surface area contributed by atoms with Crippen molar-refractivity contribution in [2.75, 3.05) is 4.90 Å². The molecule has 34 heavy (non-hydrogen) atoms. The van der Waals surface area contributed by atoms with Gasteiger partial charge >= 0.3 is 0 Å². The third kappa shape index (κ3) is 4.13. The first-order valence-electron chi connectivity index (χ1n) is 11.1. The first kappa shape index (κ1) is 23.1. The van der Waals surface area contributed by atoms with E-state index in [0.29, 0.717) is 22.6 Å². The Morgan fingerprint density at radius 3 is 1.68 bits per heavy atom. The molecule has 0 unspecified atom stereocenters. The van der Waals surface area contributed by atoms with E-state index in [4.69, 9.17) is 4.74 Å². The van der Waals surface area contributed by atoms with Crippen molar-refractivity contribution < 1.29 is 20.1 Å². The molecule has 0 aliphatic rings. The SMILES string of the molecule is Cc1ccc(Oc2ccccc2N(c2c(C)ccc(O)c2C)c2c(C)ccc(O)c2C)cc1O. The molecule has 0 atom stereocenters. The number of nitrogens with zero attached hydrogens (tertiary/aromatic N) is 1. The van der Waals surface area contributed by atoms with Gasteiger partial charge in [0.25, 0.3) is 0 Å². The van der Waals surface area contributed by atoms with Crippen molar-refractivity contribution in [1.82, 2.24) is 0 Å². The summed E-state index contributed by atoms with van der Waals surface area (Å²) in [5.41, 5.74) is 6.45. The molecular formula is C29H29NO4. The fourth-order valence-corrected chi connectivity index (χ4v) is 4.20. The lowest BCUT2D eigenvalue weighted by Gasteiger charge is -2.32. The summed E-state index contributed by atoms with van der Waals surface area (Å²) in [5.74, 6) is 1.59. The van der Waals surface area contributed by atoms with Crippen molar-refractivity contribution >= 4 is 17.1 Å². The third-order valence-electron chi connectivity index (χ3n) is 6.17. The minimum Gasteiger partial charge on any atom is -0.508 e. The quantitative estimate of drug-likeness (QED) is 0.289. The summed E-state index contributed by atoms with van der Waals surface area (Å²) in [5, 5.41) is 31.3. The molecule has 4 rings (SSSR count). The maximum atomic E-state index is 10.6. The lowest BCUT2D eigenvalue weighted by Crippen LogP contribution is -2.16. The Balaban J connectivity index is 2.00. The Labute approximate surface area is 200 Å². The normalized spacial score (nSPS) is 10.9. The molecule has 0 aliphatic carbocycles. The van der Waals surface area contributed by atoms with Gasteiger partial charge in [0, 0.05) is 17.2 Å². The first-order chi connectivity index (χ1) is 16.2. The Morgan fingerprint density at radius 1 is 0.588 bits per heavy atom. The average Bonchev–Trinajstić information content (AvgIpc) is 2.81. The lowest BCUT2D eigenvalue weighted by atomic mass is 10.0. The predicted octanol–water partition coefficient (Wildman–Crippen LogP) is 7.61. The molecule has 0 heterocycles. The fraction of sp³-hybridized carbons (Fsp3) is 0.172. The number of anilines is 3. The molecule has 0 saturated heterocycles. The highest BCUT2D eigenvalue weighted by Crippen LogP contribution is 2.48. The molecule has 5 heteroatoms. The summed E-state index contributed by atoms with van der Waals surface area (Å²) in [6.07, 6.45) is 0. The number of ether oxygens (including phenoxy) is 1. The number of para-hydroxylation sites is 2. The van der Waals surface area contributed by atoms with Crippen molar-refractivity contribution in [2.24, 2.45) is 0 Å². The molecule has 0 bridgehead atoms. The topological polar surface area (TPSA) is 73.2 Å². The van der Waals surface area contributed by atoms with Crippen molar-refractivity contribution in [3.63, 3.8) is 0 Å². The number of hydrogen-bond acceptors (Lipinski definition) is 5. The van der Waals surface area contributed by atoms with E-state index in [1.165, 1.54) is 0 Å². The molecule has 0 fully saturated rings. The zero-order valence-corrected chi connectivity index (χ0v) is 20.0. The van der Waals surface area contributed by atoms with Gasteiger partial charge in [-0.05, 0) is 81.6 Å². The van der Waals surface area contributed by atoms with Crippen LogP contribution >= 0.6 is 0 Å². The van der Waals surface area contributed by atoms with Crippen molar-refractivity contribution in [2.45, 2.75) is 34.6 Å². The first-order valence-corrected chi connectivity index (χ1v) is 11.1. The zero-order chi connectivity index (χ0) is 24.6. The van der Waals surface area contributed by atoms with Gasteiger partial charge in [-0.3, -0.25) is 0 Å². The molecule has 0 aromatic heterocycles. The third-order valence-corrected chi connectivity index (χ3v) is 6.17. The smallest absolute Gasteiger partial charge is 0.151 e. The lowest BCUT2D eigenvalue weighted by molar-refractivity contribution is 0.452. The van der Waals surface area contributed by atoms with Gasteiger partial charge in [-0.1, -0.05) is 30.3 Å². The monoisotopic (exact) mass is 455 g/mol. The summed E-state index contributed by atoms with van der Waals surface area (Å²) in [4.78, 5) is 2.03. The van der Waals surface area contributed by atoms with Crippen LogP contribution in [0.5, 0.6) is 28.7 Å². The van der Waals surface area contributed by atoms with Gasteiger partial charge < -0.3 is 25.0 Å². The zero-order valence-electron chi connectivity index (χ0n) is 20.0. The highest BCUT2D eigenvalue weighted by molar-refractivity contribution is 5.87. The number of phenols is 3. The summed E-state index contributed by atoms with van der Waals surface area (Å²) in [7, 11) is 0. The predicted molar refractivity (Wildman–Crippen MR) is 136 cm³/mol. The molecule has 4 aromatic carbocycles. The van der Waals surface area contributed by atoms with E-state index in [1.807, 2.05) is 82.0 Å². The van der Waals surface area contributed by atoms with Crippen LogP contribution in [0.15, 0.2) is 66.7 Å². The maximum Gasteiger partial charge on any atom is 0.151 e. The van der Waals surface area contributed by atoms with E-state index in [1.54, 1.807) is 24.3 Å². The summed E-state index contributed by atoms with van der Waals surface area (Å²) in [6.45, 7) is 9.56. The van der Waals surface area contributed by atoms with Crippen LogP contribution < -0.4 is 9.64 Å². The number of aromatic hydroxyl groups is 3.